The Labute approximate surface area is 135 Å². The Morgan fingerprint density at radius 1 is 1.22 bits per heavy atom. The van der Waals surface area contributed by atoms with Crippen LogP contribution in [-0.2, 0) is 22.6 Å². The molecule has 23 heavy (non-hydrogen) atoms. The molecule has 1 heterocycles. The lowest BCUT2D eigenvalue weighted by Gasteiger charge is -2.09. The molecule has 0 aliphatic heterocycles. The maximum Gasteiger partial charge on any atom is 0.246 e. The fraction of sp³-hybridized carbons (Fsp3) is 0.375. The third kappa shape index (κ3) is 4.64. The topological polar surface area (TPSA) is 88.9 Å². The van der Waals surface area contributed by atoms with Crippen LogP contribution in [0.1, 0.15) is 26.3 Å². The smallest absolute Gasteiger partial charge is 0.246 e. The normalized spacial score (nSPS) is 10.6. The van der Waals surface area contributed by atoms with E-state index in [2.05, 4.69) is 20.9 Å². The van der Waals surface area contributed by atoms with Gasteiger partial charge in [0.2, 0.25) is 11.8 Å². The lowest BCUT2D eigenvalue weighted by Crippen LogP contribution is -2.20. The third-order valence-corrected chi connectivity index (χ3v) is 3.29. The van der Waals surface area contributed by atoms with E-state index in [1.54, 1.807) is 13.8 Å². The van der Waals surface area contributed by atoms with E-state index < -0.39 is 0 Å². The Morgan fingerprint density at radius 3 is 2.65 bits per heavy atom. The first kappa shape index (κ1) is 16.7. The molecule has 0 aliphatic rings. The summed E-state index contributed by atoms with van der Waals surface area (Å²) in [7, 11) is 0. The largest absolute Gasteiger partial charge is 0.324 e. The molecule has 0 spiro atoms. The van der Waals surface area contributed by atoms with E-state index >= 15 is 0 Å². The van der Waals surface area contributed by atoms with Gasteiger partial charge in [0, 0.05) is 11.6 Å². The number of amides is 2. The van der Waals surface area contributed by atoms with Crippen molar-refractivity contribution in [1.29, 1.82) is 0 Å². The summed E-state index contributed by atoms with van der Waals surface area (Å²) < 4.78 is 1.39. The van der Waals surface area contributed by atoms with Crippen molar-refractivity contribution in [3.63, 3.8) is 0 Å². The van der Waals surface area contributed by atoms with Crippen LogP contribution >= 0.6 is 0 Å². The van der Waals surface area contributed by atoms with Crippen LogP contribution in [0.3, 0.4) is 0 Å². The molecule has 0 saturated heterocycles. The van der Waals surface area contributed by atoms with E-state index in [9.17, 15) is 9.59 Å². The highest BCUT2D eigenvalue weighted by Crippen LogP contribution is 2.15. The fourth-order valence-corrected chi connectivity index (χ4v) is 1.99. The van der Waals surface area contributed by atoms with Crippen molar-refractivity contribution in [2.75, 3.05) is 10.6 Å². The Bertz CT molecular complexity index is 693. The van der Waals surface area contributed by atoms with Crippen molar-refractivity contribution < 1.29 is 9.59 Å². The molecule has 7 heteroatoms. The molecule has 0 atom stereocenters. The van der Waals surface area contributed by atoms with Crippen molar-refractivity contribution in [2.45, 2.75) is 33.7 Å². The predicted octanol–water partition coefficient (Wildman–Crippen LogP) is 2.07. The molecule has 2 amide bonds. The summed E-state index contributed by atoms with van der Waals surface area (Å²) in [5.41, 5.74) is 1.87. The van der Waals surface area contributed by atoms with Gasteiger partial charge in [-0.2, -0.15) is 0 Å². The summed E-state index contributed by atoms with van der Waals surface area (Å²) >= 11 is 0. The van der Waals surface area contributed by atoms with Gasteiger partial charge in [-0.25, -0.2) is 4.68 Å². The van der Waals surface area contributed by atoms with E-state index in [0.29, 0.717) is 5.82 Å². The van der Waals surface area contributed by atoms with Crippen LogP contribution in [0.4, 0.5) is 11.5 Å². The number of carbonyl (C=O) groups is 2. The monoisotopic (exact) mass is 315 g/mol. The van der Waals surface area contributed by atoms with Crippen LogP contribution in [-0.4, -0.2) is 26.8 Å². The van der Waals surface area contributed by atoms with E-state index in [0.717, 1.165) is 17.7 Å². The van der Waals surface area contributed by atoms with Crippen LogP contribution in [0.15, 0.2) is 30.5 Å². The molecule has 7 nitrogen and oxygen atoms in total. The maximum absolute atomic E-state index is 12.1. The zero-order valence-corrected chi connectivity index (χ0v) is 13.5. The summed E-state index contributed by atoms with van der Waals surface area (Å²) in [6, 6.07) is 7.66. The number of nitrogens with one attached hydrogen (secondary N) is 2. The summed E-state index contributed by atoms with van der Waals surface area (Å²) in [5.74, 6) is -0.143. The van der Waals surface area contributed by atoms with Crippen molar-refractivity contribution in [3.05, 3.63) is 36.0 Å². The molecule has 0 unspecified atom stereocenters. The minimum Gasteiger partial charge on any atom is -0.324 e. The Kier molecular flexibility index (Phi) is 5.46. The Balaban J connectivity index is 1.96. The second-order valence-corrected chi connectivity index (χ2v) is 5.50. The zero-order chi connectivity index (χ0) is 16.8. The van der Waals surface area contributed by atoms with Gasteiger partial charge in [-0.1, -0.05) is 44.2 Å². The van der Waals surface area contributed by atoms with Crippen LogP contribution < -0.4 is 10.6 Å². The number of para-hydroxylation sites is 1. The summed E-state index contributed by atoms with van der Waals surface area (Å²) in [6.07, 6.45) is 2.37. The van der Waals surface area contributed by atoms with Gasteiger partial charge < -0.3 is 10.6 Å². The number of aryl methyl sites for hydroxylation is 1. The van der Waals surface area contributed by atoms with Crippen molar-refractivity contribution in [1.82, 2.24) is 15.0 Å². The molecule has 2 aromatic rings. The number of hydrogen-bond donors (Lipinski definition) is 2. The SMILES string of the molecule is CCc1ccccc1NC(=O)Cn1cc(NC(=O)C(C)C)nn1. The number of carbonyl (C=O) groups excluding carboxylic acids is 2. The summed E-state index contributed by atoms with van der Waals surface area (Å²) in [5, 5.41) is 13.2. The molecule has 2 rings (SSSR count). The van der Waals surface area contributed by atoms with Crippen LogP contribution in [0.5, 0.6) is 0 Å². The first-order chi connectivity index (χ1) is 11.0. The first-order valence-corrected chi connectivity index (χ1v) is 7.58. The highest BCUT2D eigenvalue weighted by Gasteiger charge is 2.11. The Morgan fingerprint density at radius 2 is 1.96 bits per heavy atom. The number of hydrogen-bond acceptors (Lipinski definition) is 4. The minimum absolute atomic E-state index is 0.0304. The number of rotatable bonds is 6. The van der Waals surface area contributed by atoms with Gasteiger partial charge in [0.15, 0.2) is 5.82 Å². The summed E-state index contributed by atoms with van der Waals surface area (Å²) in [4.78, 5) is 23.7. The lowest BCUT2D eigenvalue weighted by molar-refractivity contribution is -0.119. The van der Waals surface area contributed by atoms with E-state index in [-0.39, 0.29) is 24.3 Å². The molecule has 1 aromatic carbocycles. The quantitative estimate of drug-likeness (QED) is 0.854. The molecule has 122 valence electrons. The standard InChI is InChI=1S/C16H21N5O2/c1-4-12-7-5-6-8-13(12)17-15(22)10-21-9-14(19-20-21)18-16(23)11(2)3/h5-9,11H,4,10H2,1-3H3,(H,17,22)(H,18,23). The van der Waals surface area contributed by atoms with Crippen molar-refractivity contribution >= 4 is 23.3 Å². The van der Waals surface area contributed by atoms with Crippen LogP contribution in [0.2, 0.25) is 0 Å². The van der Waals surface area contributed by atoms with Crippen molar-refractivity contribution in [2.24, 2.45) is 5.92 Å². The van der Waals surface area contributed by atoms with Gasteiger partial charge in [-0.3, -0.25) is 9.59 Å². The molecule has 0 aliphatic carbocycles. The third-order valence-electron chi connectivity index (χ3n) is 3.29. The average molecular weight is 315 g/mol. The van der Waals surface area contributed by atoms with E-state index in [4.69, 9.17) is 0 Å². The van der Waals surface area contributed by atoms with Gasteiger partial charge in [0.05, 0.1) is 6.20 Å². The van der Waals surface area contributed by atoms with Gasteiger partial charge in [0.1, 0.15) is 6.54 Å². The summed E-state index contributed by atoms with van der Waals surface area (Å²) in [6.45, 7) is 5.64. The predicted molar refractivity (Wildman–Crippen MR) is 87.9 cm³/mol. The molecule has 2 N–H and O–H groups in total. The van der Waals surface area contributed by atoms with Crippen molar-refractivity contribution in [3.8, 4) is 0 Å². The molecular formula is C16H21N5O2. The molecule has 0 saturated carbocycles. The molecule has 0 radical (unpaired) electrons. The highest BCUT2D eigenvalue weighted by atomic mass is 16.2. The zero-order valence-electron chi connectivity index (χ0n) is 13.5. The van der Waals surface area contributed by atoms with Crippen LogP contribution in [0.25, 0.3) is 0 Å². The highest BCUT2D eigenvalue weighted by molar-refractivity contribution is 5.92. The van der Waals surface area contributed by atoms with E-state index in [1.165, 1.54) is 10.9 Å². The molecular weight excluding hydrogens is 294 g/mol. The molecule has 0 bridgehead atoms. The second-order valence-electron chi connectivity index (χ2n) is 5.50. The number of aromatic nitrogens is 3. The van der Waals surface area contributed by atoms with Gasteiger partial charge >= 0.3 is 0 Å². The number of nitrogens with zero attached hydrogens (tertiary/aromatic N) is 3. The van der Waals surface area contributed by atoms with Gasteiger partial charge in [-0.15, -0.1) is 5.10 Å². The second kappa shape index (κ2) is 7.53. The number of benzene rings is 1. The Hall–Kier alpha value is -2.70. The van der Waals surface area contributed by atoms with E-state index in [1.807, 2.05) is 31.2 Å². The maximum atomic E-state index is 12.1. The first-order valence-electron chi connectivity index (χ1n) is 7.58. The lowest BCUT2D eigenvalue weighted by atomic mass is 10.1. The van der Waals surface area contributed by atoms with Gasteiger partial charge in [-0.05, 0) is 18.1 Å². The molecule has 0 fully saturated rings. The van der Waals surface area contributed by atoms with Gasteiger partial charge in [0.25, 0.3) is 0 Å². The minimum atomic E-state index is -0.197. The number of anilines is 2. The van der Waals surface area contributed by atoms with Crippen LogP contribution in [0, 0.1) is 5.92 Å². The average Bonchev–Trinajstić information content (AvgIpc) is 2.94. The molecule has 1 aromatic heterocycles. The fourth-order valence-electron chi connectivity index (χ4n) is 1.99.